The lowest BCUT2D eigenvalue weighted by atomic mass is 10.1. The molecule has 0 aromatic carbocycles. The van der Waals surface area contributed by atoms with Gasteiger partial charge in [-0.05, 0) is 51.5 Å². The maximum Gasteiger partial charge on any atom is 0.177 e. The molecule has 2 heterocycles. The second-order valence-corrected chi connectivity index (χ2v) is 6.00. The highest BCUT2D eigenvalue weighted by Gasteiger charge is 2.15. The molecule has 2 aromatic heterocycles. The Morgan fingerprint density at radius 3 is 2.50 bits per heavy atom. The summed E-state index contributed by atoms with van der Waals surface area (Å²) in [5, 5.41) is 0. The third kappa shape index (κ3) is 1.87. The first-order valence-corrected chi connectivity index (χ1v) is 6.56. The van der Waals surface area contributed by atoms with E-state index >= 15 is 0 Å². The van der Waals surface area contributed by atoms with Crippen LogP contribution < -0.4 is 0 Å². The van der Waals surface area contributed by atoms with Gasteiger partial charge >= 0.3 is 0 Å². The lowest BCUT2D eigenvalue weighted by Crippen LogP contribution is -2.08. The number of aromatic nitrogens is 2. The molecular weight excluding hydrogens is 236 g/mol. The van der Waals surface area contributed by atoms with Crippen molar-refractivity contribution >= 4 is 23.6 Å². The normalized spacial score (nSPS) is 13.0. The number of nitrogens with zero attached hydrogens (tertiary/aromatic N) is 1. The summed E-state index contributed by atoms with van der Waals surface area (Å²) in [6.07, 6.45) is 1.97. The Hall–Kier alpha value is -0.870. The van der Waals surface area contributed by atoms with E-state index in [1.165, 1.54) is 21.0 Å². The van der Waals surface area contributed by atoms with Crippen LogP contribution in [0.2, 0.25) is 0 Å². The number of thiophene rings is 1. The molecule has 4 heteroatoms. The molecule has 86 valence electrons. The molecule has 0 bridgehead atoms. The van der Waals surface area contributed by atoms with E-state index < -0.39 is 0 Å². The van der Waals surface area contributed by atoms with Gasteiger partial charge in [-0.15, -0.1) is 11.3 Å². The molecule has 0 aliphatic rings. The molecule has 0 radical (unpaired) electrons. The highest BCUT2D eigenvalue weighted by molar-refractivity contribution is 7.71. The van der Waals surface area contributed by atoms with Gasteiger partial charge in [0.15, 0.2) is 4.77 Å². The quantitative estimate of drug-likeness (QED) is 0.797. The van der Waals surface area contributed by atoms with Crippen LogP contribution in [0.25, 0.3) is 0 Å². The van der Waals surface area contributed by atoms with E-state index in [0.29, 0.717) is 6.04 Å². The van der Waals surface area contributed by atoms with Crippen molar-refractivity contribution in [2.24, 2.45) is 0 Å². The van der Waals surface area contributed by atoms with Crippen LogP contribution in [0.1, 0.15) is 34.0 Å². The average molecular weight is 252 g/mol. The zero-order valence-electron chi connectivity index (χ0n) is 10.00. The van der Waals surface area contributed by atoms with Crippen molar-refractivity contribution in [2.45, 2.75) is 33.7 Å². The maximum absolute atomic E-state index is 5.31. The summed E-state index contributed by atoms with van der Waals surface area (Å²) >= 11 is 7.16. The van der Waals surface area contributed by atoms with Gasteiger partial charge in [-0.25, -0.2) is 0 Å². The molecule has 1 unspecified atom stereocenters. The second-order valence-electron chi connectivity index (χ2n) is 4.15. The van der Waals surface area contributed by atoms with Crippen LogP contribution in [0.4, 0.5) is 0 Å². The van der Waals surface area contributed by atoms with Gasteiger partial charge in [0.05, 0.1) is 6.04 Å². The van der Waals surface area contributed by atoms with Crippen molar-refractivity contribution in [3.05, 3.63) is 38.0 Å². The van der Waals surface area contributed by atoms with Crippen LogP contribution in [0, 0.1) is 25.5 Å². The highest BCUT2D eigenvalue weighted by atomic mass is 32.1. The van der Waals surface area contributed by atoms with Crippen molar-refractivity contribution in [3.8, 4) is 0 Å². The van der Waals surface area contributed by atoms with Gasteiger partial charge in [0, 0.05) is 21.6 Å². The Morgan fingerprint density at radius 2 is 2.06 bits per heavy atom. The number of imidazole rings is 1. The van der Waals surface area contributed by atoms with Crippen LogP contribution in [-0.2, 0) is 0 Å². The van der Waals surface area contributed by atoms with Gasteiger partial charge in [-0.3, -0.25) is 0 Å². The lowest BCUT2D eigenvalue weighted by molar-refractivity contribution is 0.613. The van der Waals surface area contributed by atoms with Crippen molar-refractivity contribution in [1.82, 2.24) is 9.55 Å². The monoisotopic (exact) mass is 252 g/mol. The number of H-pyrrole nitrogens is 1. The SMILES string of the molecule is Cc1cc(C(C)n2c(C)c[nH]c2=S)c(C)s1. The molecule has 0 aliphatic carbocycles. The van der Waals surface area contributed by atoms with Gasteiger partial charge in [-0.1, -0.05) is 0 Å². The van der Waals surface area contributed by atoms with E-state index in [0.717, 1.165) is 4.77 Å². The van der Waals surface area contributed by atoms with Gasteiger partial charge < -0.3 is 9.55 Å². The summed E-state index contributed by atoms with van der Waals surface area (Å²) < 4.78 is 2.97. The first-order chi connectivity index (χ1) is 7.50. The van der Waals surface area contributed by atoms with Crippen LogP contribution in [0.15, 0.2) is 12.3 Å². The zero-order valence-corrected chi connectivity index (χ0v) is 11.6. The fourth-order valence-electron chi connectivity index (χ4n) is 2.15. The van der Waals surface area contributed by atoms with Crippen molar-refractivity contribution in [3.63, 3.8) is 0 Å². The Labute approximate surface area is 105 Å². The fourth-order valence-corrected chi connectivity index (χ4v) is 3.53. The predicted molar refractivity (Wildman–Crippen MR) is 72.0 cm³/mol. The van der Waals surface area contributed by atoms with E-state index in [1.54, 1.807) is 0 Å². The Bertz CT molecular complexity index is 560. The lowest BCUT2D eigenvalue weighted by Gasteiger charge is -2.15. The molecule has 0 spiro atoms. The summed E-state index contributed by atoms with van der Waals surface area (Å²) in [7, 11) is 0. The minimum absolute atomic E-state index is 0.309. The van der Waals surface area contributed by atoms with Crippen LogP contribution in [0.5, 0.6) is 0 Å². The minimum Gasteiger partial charge on any atom is -0.337 e. The molecular formula is C12H16N2S2. The first kappa shape index (κ1) is 11.6. The van der Waals surface area contributed by atoms with Gasteiger partial charge in [-0.2, -0.15) is 0 Å². The molecule has 1 N–H and O–H groups in total. The van der Waals surface area contributed by atoms with E-state index in [2.05, 4.69) is 43.3 Å². The highest BCUT2D eigenvalue weighted by Crippen LogP contribution is 2.29. The van der Waals surface area contributed by atoms with E-state index in [1.807, 2.05) is 17.5 Å². The van der Waals surface area contributed by atoms with Gasteiger partial charge in [0.1, 0.15) is 0 Å². The minimum atomic E-state index is 0.309. The number of aromatic amines is 1. The van der Waals surface area contributed by atoms with Crippen LogP contribution in [0.3, 0.4) is 0 Å². The first-order valence-electron chi connectivity index (χ1n) is 5.34. The van der Waals surface area contributed by atoms with E-state index in [-0.39, 0.29) is 0 Å². The number of hydrogen-bond acceptors (Lipinski definition) is 2. The summed E-state index contributed by atoms with van der Waals surface area (Å²) in [6, 6.07) is 2.57. The smallest absolute Gasteiger partial charge is 0.177 e. The number of aryl methyl sites for hydroxylation is 3. The van der Waals surface area contributed by atoms with Gasteiger partial charge in [0.2, 0.25) is 0 Å². The second kappa shape index (κ2) is 4.18. The molecule has 2 aromatic rings. The Morgan fingerprint density at radius 1 is 1.38 bits per heavy atom. The third-order valence-electron chi connectivity index (χ3n) is 2.92. The number of rotatable bonds is 2. The molecule has 0 saturated heterocycles. The summed E-state index contributed by atoms with van der Waals surface area (Å²) in [5.41, 5.74) is 2.56. The zero-order chi connectivity index (χ0) is 11.9. The average Bonchev–Trinajstić information content (AvgIpc) is 2.70. The summed E-state index contributed by atoms with van der Waals surface area (Å²) in [4.78, 5) is 5.84. The molecule has 1 atom stereocenters. The molecule has 0 amide bonds. The summed E-state index contributed by atoms with van der Waals surface area (Å²) in [6.45, 7) is 8.61. The predicted octanol–water partition coefficient (Wildman–Crippen LogP) is 4.14. The van der Waals surface area contributed by atoms with Crippen LogP contribution in [-0.4, -0.2) is 9.55 Å². The number of nitrogens with one attached hydrogen (secondary N) is 1. The topological polar surface area (TPSA) is 20.7 Å². The van der Waals surface area contributed by atoms with Crippen LogP contribution >= 0.6 is 23.6 Å². The molecule has 2 nitrogen and oxygen atoms in total. The summed E-state index contributed by atoms with van der Waals surface area (Å²) in [5.74, 6) is 0. The van der Waals surface area contributed by atoms with E-state index in [9.17, 15) is 0 Å². The molecule has 0 fully saturated rings. The number of hydrogen-bond donors (Lipinski definition) is 1. The fraction of sp³-hybridized carbons (Fsp3) is 0.417. The Kier molecular flexibility index (Phi) is 3.04. The molecule has 2 rings (SSSR count). The van der Waals surface area contributed by atoms with Crippen molar-refractivity contribution in [1.29, 1.82) is 0 Å². The van der Waals surface area contributed by atoms with E-state index in [4.69, 9.17) is 12.2 Å². The molecule has 16 heavy (non-hydrogen) atoms. The Balaban J connectivity index is 2.51. The maximum atomic E-state index is 5.31. The molecule has 0 aliphatic heterocycles. The van der Waals surface area contributed by atoms with Gasteiger partial charge in [0.25, 0.3) is 0 Å². The van der Waals surface area contributed by atoms with Crippen molar-refractivity contribution < 1.29 is 0 Å². The third-order valence-corrected chi connectivity index (χ3v) is 4.22. The largest absolute Gasteiger partial charge is 0.337 e. The molecule has 0 saturated carbocycles. The standard InChI is InChI=1S/C12H16N2S2/c1-7-6-13-12(15)14(7)9(3)11-5-8(2)16-10(11)4/h5-6,9H,1-4H3,(H,13,15). The van der Waals surface area contributed by atoms with Crippen molar-refractivity contribution in [2.75, 3.05) is 0 Å².